The summed E-state index contributed by atoms with van der Waals surface area (Å²) in [5.41, 5.74) is 2.32. The van der Waals surface area contributed by atoms with E-state index in [1.54, 1.807) is 30.3 Å². The summed E-state index contributed by atoms with van der Waals surface area (Å²) in [6, 6.07) is 14.6. The van der Waals surface area contributed by atoms with Gasteiger partial charge in [0.1, 0.15) is 0 Å². The first-order valence-corrected chi connectivity index (χ1v) is 8.48. The molecule has 5 heteroatoms. The third kappa shape index (κ3) is 3.36. The van der Waals surface area contributed by atoms with Crippen LogP contribution in [0.15, 0.2) is 53.3 Å². The number of carbonyl (C=O) groups excluding carboxylic acids is 1. The molecule has 0 radical (unpaired) electrons. The fourth-order valence-electron chi connectivity index (χ4n) is 2.36. The topological polar surface area (TPSA) is 59.1 Å². The maximum atomic E-state index is 12.4. The van der Waals surface area contributed by atoms with Crippen molar-refractivity contribution in [2.24, 2.45) is 0 Å². The van der Waals surface area contributed by atoms with Crippen LogP contribution in [-0.2, 0) is 5.41 Å². The molecule has 0 atom stereocenters. The molecule has 122 valence electrons. The predicted molar refractivity (Wildman–Crippen MR) is 99.0 cm³/mol. The van der Waals surface area contributed by atoms with Crippen LogP contribution in [0.3, 0.4) is 0 Å². The van der Waals surface area contributed by atoms with Gasteiger partial charge in [-0.05, 0) is 35.2 Å². The number of amides is 1. The van der Waals surface area contributed by atoms with Crippen LogP contribution < -0.4 is 10.1 Å². The summed E-state index contributed by atoms with van der Waals surface area (Å²) in [7, 11) is 0. The minimum atomic E-state index is -0.270. The second-order valence-corrected chi connectivity index (χ2v) is 7.57. The Morgan fingerprint density at radius 2 is 1.71 bits per heavy atom. The molecule has 1 amide bonds. The fraction of sp³-hybridized carbons (Fsp3) is 0.211. The van der Waals surface area contributed by atoms with Crippen LogP contribution in [0.2, 0.25) is 0 Å². The maximum absolute atomic E-state index is 12.4. The average molecular weight is 338 g/mol. The van der Waals surface area contributed by atoms with Crippen molar-refractivity contribution in [2.75, 3.05) is 5.32 Å². The van der Waals surface area contributed by atoms with E-state index in [9.17, 15) is 9.59 Å². The second-order valence-electron chi connectivity index (χ2n) is 6.61. The lowest BCUT2D eigenvalue weighted by atomic mass is 9.87. The van der Waals surface area contributed by atoms with Crippen molar-refractivity contribution in [2.45, 2.75) is 26.2 Å². The van der Waals surface area contributed by atoms with Gasteiger partial charge in [0, 0.05) is 5.56 Å². The van der Waals surface area contributed by atoms with Crippen LogP contribution in [0.1, 0.15) is 36.7 Å². The standard InChI is InChI=1S/C19H18N2O2S/c1-19(2,3)13-10-8-12(9-11-13)16(22)21-18-20-15-7-5-4-6-14(15)17(23)24-18/h4-11H,1-3H3,(H,20,21,22). The molecule has 0 aliphatic rings. The highest BCUT2D eigenvalue weighted by Gasteiger charge is 2.15. The number of hydrogen-bond acceptors (Lipinski definition) is 4. The minimum absolute atomic E-state index is 0.0362. The molecule has 4 nitrogen and oxygen atoms in total. The van der Waals surface area contributed by atoms with Crippen molar-refractivity contribution in [3.05, 3.63) is 69.2 Å². The van der Waals surface area contributed by atoms with Crippen LogP contribution in [-0.4, -0.2) is 10.9 Å². The van der Waals surface area contributed by atoms with Gasteiger partial charge in [-0.15, -0.1) is 0 Å². The number of carbonyl (C=O) groups is 1. The molecule has 0 fully saturated rings. The predicted octanol–water partition coefficient (Wildman–Crippen LogP) is 4.21. The van der Waals surface area contributed by atoms with Gasteiger partial charge in [0.15, 0.2) is 5.13 Å². The van der Waals surface area contributed by atoms with Crippen LogP contribution in [0.25, 0.3) is 10.9 Å². The molecular formula is C19H18N2O2S. The summed E-state index contributed by atoms with van der Waals surface area (Å²) in [6.07, 6.45) is 0. The van der Waals surface area contributed by atoms with Crippen molar-refractivity contribution in [3.63, 3.8) is 0 Å². The molecule has 0 spiro atoms. The zero-order chi connectivity index (χ0) is 17.3. The molecule has 0 saturated carbocycles. The van der Waals surface area contributed by atoms with Crippen molar-refractivity contribution in [1.29, 1.82) is 0 Å². The van der Waals surface area contributed by atoms with E-state index in [4.69, 9.17) is 0 Å². The SMILES string of the molecule is CC(C)(C)c1ccc(C(=O)Nc2nc3ccccc3c(=O)s2)cc1. The molecule has 1 N–H and O–H groups in total. The number of hydrogen-bond donors (Lipinski definition) is 1. The van der Waals surface area contributed by atoms with Gasteiger partial charge in [-0.25, -0.2) is 4.98 Å². The highest BCUT2D eigenvalue weighted by atomic mass is 32.1. The Bertz CT molecular complexity index is 954. The number of anilines is 1. The number of nitrogens with one attached hydrogen (secondary N) is 1. The van der Waals surface area contributed by atoms with Gasteiger partial charge < -0.3 is 0 Å². The maximum Gasteiger partial charge on any atom is 0.257 e. The molecule has 0 aliphatic carbocycles. The molecule has 0 saturated heterocycles. The highest BCUT2D eigenvalue weighted by Crippen LogP contribution is 2.22. The Hall–Kier alpha value is -2.53. The van der Waals surface area contributed by atoms with Crippen LogP contribution in [0, 0.1) is 0 Å². The van der Waals surface area contributed by atoms with E-state index in [-0.39, 0.29) is 16.1 Å². The minimum Gasteiger partial charge on any atom is -0.298 e. The molecule has 24 heavy (non-hydrogen) atoms. The van der Waals surface area contributed by atoms with E-state index in [0.717, 1.165) is 16.9 Å². The van der Waals surface area contributed by atoms with Gasteiger partial charge in [0.05, 0.1) is 10.9 Å². The molecule has 3 rings (SSSR count). The molecule has 0 aliphatic heterocycles. The van der Waals surface area contributed by atoms with E-state index in [2.05, 4.69) is 31.1 Å². The Morgan fingerprint density at radius 1 is 1.04 bits per heavy atom. The first-order chi connectivity index (χ1) is 11.3. The monoisotopic (exact) mass is 338 g/mol. The lowest BCUT2D eigenvalue weighted by Gasteiger charge is -2.19. The Kier molecular flexibility index (Phi) is 4.20. The van der Waals surface area contributed by atoms with Crippen LogP contribution in [0.5, 0.6) is 0 Å². The Morgan fingerprint density at radius 3 is 2.38 bits per heavy atom. The number of aromatic nitrogens is 1. The summed E-state index contributed by atoms with van der Waals surface area (Å²) in [5.74, 6) is -0.270. The number of para-hydroxylation sites is 1. The number of benzene rings is 2. The average Bonchev–Trinajstić information content (AvgIpc) is 2.54. The summed E-state index contributed by atoms with van der Waals surface area (Å²) < 4.78 is -0.112. The molecule has 0 bridgehead atoms. The van der Waals surface area contributed by atoms with E-state index in [1.165, 1.54) is 0 Å². The van der Waals surface area contributed by atoms with E-state index < -0.39 is 0 Å². The van der Waals surface area contributed by atoms with Crippen molar-refractivity contribution in [3.8, 4) is 0 Å². The van der Waals surface area contributed by atoms with Crippen molar-refractivity contribution < 1.29 is 4.79 Å². The normalized spacial score (nSPS) is 11.5. The summed E-state index contributed by atoms with van der Waals surface area (Å²) in [6.45, 7) is 6.37. The fourth-order valence-corrected chi connectivity index (χ4v) is 3.11. The van der Waals surface area contributed by atoms with E-state index in [0.29, 0.717) is 21.6 Å². The zero-order valence-corrected chi connectivity index (χ0v) is 14.6. The zero-order valence-electron chi connectivity index (χ0n) is 13.8. The smallest absolute Gasteiger partial charge is 0.257 e. The van der Waals surface area contributed by atoms with Gasteiger partial charge in [-0.1, -0.05) is 56.4 Å². The van der Waals surface area contributed by atoms with Gasteiger partial charge in [0.2, 0.25) is 4.74 Å². The third-order valence-corrected chi connectivity index (χ3v) is 4.56. The molecule has 1 aromatic heterocycles. The largest absolute Gasteiger partial charge is 0.298 e. The first-order valence-electron chi connectivity index (χ1n) is 7.66. The molecule has 1 heterocycles. The molecule has 2 aromatic carbocycles. The lowest BCUT2D eigenvalue weighted by molar-refractivity contribution is 0.102. The van der Waals surface area contributed by atoms with Crippen molar-refractivity contribution in [1.82, 2.24) is 4.98 Å². The molecule has 0 unspecified atom stereocenters. The number of nitrogens with zero attached hydrogens (tertiary/aromatic N) is 1. The first kappa shape index (κ1) is 16.3. The molecule has 3 aromatic rings. The van der Waals surface area contributed by atoms with Gasteiger partial charge in [0.25, 0.3) is 5.91 Å². The summed E-state index contributed by atoms with van der Waals surface area (Å²) in [5, 5.41) is 3.59. The number of rotatable bonds is 2. The summed E-state index contributed by atoms with van der Waals surface area (Å²) >= 11 is 0.939. The van der Waals surface area contributed by atoms with Gasteiger partial charge in [-0.3, -0.25) is 14.9 Å². The second kappa shape index (κ2) is 6.17. The highest BCUT2D eigenvalue weighted by molar-refractivity contribution is 7.13. The van der Waals surface area contributed by atoms with Crippen LogP contribution >= 0.6 is 11.3 Å². The Labute approximate surface area is 144 Å². The quantitative estimate of drug-likeness (QED) is 0.761. The van der Waals surface area contributed by atoms with E-state index >= 15 is 0 Å². The van der Waals surface area contributed by atoms with Crippen molar-refractivity contribution >= 4 is 33.3 Å². The summed E-state index contributed by atoms with van der Waals surface area (Å²) in [4.78, 5) is 28.8. The molecular weight excluding hydrogens is 320 g/mol. The third-order valence-electron chi connectivity index (χ3n) is 3.77. The van der Waals surface area contributed by atoms with Gasteiger partial charge in [-0.2, -0.15) is 0 Å². The Balaban J connectivity index is 1.86. The van der Waals surface area contributed by atoms with Gasteiger partial charge >= 0.3 is 0 Å². The van der Waals surface area contributed by atoms with E-state index in [1.807, 2.05) is 18.2 Å². The lowest BCUT2D eigenvalue weighted by Crippen LogP contribution is -2.15. The number of fused-ring (bicyclic) bond motifs is 1. The van der Waals surface area contributed by atoms with Crippen LogP contribution in [0.4, 0.5) is 5.13 Å².